The van der Waals surface area contributed by atoms with Crippen molar-refractivity contribution in [3.8, 4) is 0 Å². The van der Waals surface area contributed by atoms with E-state index in [1.165, 1.54) is 42.7 Å². The molecule has 1 N–H and O–H groups in total. The topological polar surface area (TPSA) is 68.0 Å². The number of carbonyl (C=O) groups is 1. The molecule has 2 aromatic heterocycles. The van der Waals surface area contributed by atoms with Crippen molar-refractivity contribution >= 4 is 5.91 Å². The Morgan fingerprint density at radius 2 is 1.85 bits per heavy atom. The summed E-state index contributed by atoms with van der Waals surface area (Å²) in [6, 6.07) is 7.83. The first-order valence-corrected chi connectivity index (χ1v) is 7.78. The van der Waals surface area contributed by atoms with Gasteiger partial charge in [-0.3, -0.25) is 9.78 Å². The van der Waals surface area contributed by atoms with Gasteiger partial charge in [0.15, 0.2) is 0 Å². The Balaban J connectivity index is 2.06. The normalized spacial score (nSPS) is 12.6. The number of alkyl halides is 4. The summed E-state index contributed by atoms with van der Waals surface area (Å²) in [5, 5.41) is 5.88. The molecule has 0 aliphatic carbocycles. The Labute approximate surface area is 151 Å². The monoisotopic (exact) mass is 379 g/mol. The van der Waals surface area contributed by atoms with Crippen LogP contribution < -0.4 is 5.32 Å². The van der Waals surface area contributed by atoms with E-state index >= 15 is 0 Å². The molecule has 1 aromatic carbocycles. The molecule has 0 aliphatic heterocycles. The van der Waals surface area contributed by atoms with E-state index < -0.39 is 30.4 Å². The zero-order chi connectivity index (χ0) is 19.4. The molecule has 0 aliphatic rings. The van der Waals surface area contributed by atoms with Crippen molar-refractivity contribution in [2.24, 2.45) is 0 Å². The first-order valence-electron chi connectivity index (χ1n) is 7.78. The van der Waals surface area contributed by atoms with Crippen LogP contribution in [-0.2, 0) is 12.9 Å². The van der Waals surface area contributed by atoms with E-state index in [0.29, 0.717) is 11.1 Å². The maximum absolute atomic E-state index is 13.4. The van der Waals surface area contributed by atoms with Gasteiger partial charge in [0.25, 0.3) is 5.91 Å². The van der Waals surface area contributed by atoms with Crippen LogP contribution >= 0.6 is 0 Å². The van der Waals surface area contributed by atoms with Crippen molar-refractivity contribution in [1.82, 2.24) is 15.5 Å². The van der Waals surface area contributed by atoms with Crippen molar-refractivity contribution in [2.45, 2.75) is 18.9 Å². The minimum Gasteiger partial charge on any atom is -0.351 e. The highest BCUT2D eigenvalue weighted by molar-refractivity contribution is 5.91. The van der Waals surface area contributed by atoms with E-state index in [-0.39, 0.29) is 11.5 Å². The molecule has 3 aromatic rings. The molecule has 0 unspecified atom stereocenters. The van der Waals surface area contributed by atoms with Crippen molar-refractivity contribution in [3.05, 3.63) is 83.0 Å². The van der Waals surface area contributed by atoms with Gasteiger partial charge in [-0.25, -0.2) is 4.39 Å². The van der Waals surface area contributed by atoms with Crippen molar-refractivity contribution in [1.29, 1.82) is 0 Å². The number of hydrogen-bond donors (Lipinski definition) is 1. The summed E-state index contributed by atoms with van der Waals surface area (Å²) in [4.78, 5) is 16.2. The fraction of sp³-hybridized carbons (Fsp3) is 0.167. The van der Waals surface area contributed by atoms with E-state index in [1.54, 1.807) is 0 Å². The van der Waals surface area contributed by atoms with Crippen LogP contribution in [0.25, 0.3) is 0 Å². The first-order chi connectivity index (χ1) is 12.9. The summed E-state index contributed by atoms with van der Waals surface area (Å²) in [6.07, 6.45) is -2.23. The number of nitrogens with one attached hydrogen (secondary N) is 1. The minimum atomic E-state index is -4.67. The third kappa shape index (κ3) is 4.13. The highest BCUT2D eigenvalue weighted by atomic mass is 19.4. The van der Waals surface area contributed by atoms with E-state index in [2.05, 4.69) is 15.5 Å². The summed E-state index contributed by atoms with van der Waals surface area (Å²) in [6.45, 7) is -0.716. The van der Waals surface area contributed by atoms with Crippen LogP contribution in [0, 0.1) is 0 Å². The average molecular weight is 379 g/mol. The number of amides is 1. The summed E-state index contributed by atoms with van der Waals surface area (Å²) >= 11 is 0. The maximum Gasteiger partial charge on any atom is 0.418 e. The number of hydrogen-bond acceptors (Lipinski definition) is 4. The number of rotatable bonds is 5. The van der Waals surface area contributed by atoms with Gasteiger partial charge in [-0.2, -0.15) is 13.2 Å². The second-order valence-electron chi connectivity index (χ2n) is 5.59. The van der Waals surface area contributed by atoms with E-state index in [0.717, 1.165) is 12.1 Å². The van der Waals surface area contributed by atoms with Crippen molar-refractivity contribution < 1.29 is 26.9 Å². The highest BCUT2D eigenvalue weighted by Crippen LogP contribution is 2.35. The van der Waals surface area contributed by atoms with Gasteiger partial charge in [0.2, 0.25) is 5.76 Å². The number of carbonyl (C=O) groups excluding carboxylic acids is 1. The zero-order valence-electron chi connectivity index (χ0n) is 13.7. The maximum atomic E-state index is 13.4. The zero-order valence-corrected chi connectivity index (χ0v) is 13.7. The lowest BCUT2D eigenvalue weighted by Gasteiger charge is -2.22. The molecule has 140 valence electrons. The van der Waals surface area contributed by atoms with Crippen molar-refractivity contribution in [3.63, 3.8) is 0 Å². The molecule has 0 radical (unpaired) electrons. The minimum absolute atomic E-state index is 0.162. The van der Waals surface area contributed by atoms with Crippen molar-refractivity contribution in [2.75, 3.05) is 0 Å². The molecular weight excluding hydrogens is 366 g/mol. The lowest BCUT2D eigenvalue weighted by Crippen LogP contribution is -2.31. The second kappa shape index (κ2) is 7.56. The number of aromatic nitrogens is 2. The summed E-state index contributed by atoms with van der Waals surface area (Å²) in [5.74, 6) is -0.921. The summed E-state index contributed by atoms with van der Waals surface area (Å²) in [5.41, 5.74) is -0.700. The number of benzene rings is 1. The van der Waals surface area contributed by atoms with E-state index in [9.17, 15) is 22.4 Å². The summed E-state index contributed by atoms with van der Waals surface area (Å²) in [7, 11) is 0. The third-order valence-electron chi connectivity index (χ3n) is 3.82. The Kier molecular flexibility index (Phi) is 5.20. The molecular formula is C18H13F4N3O2. The molecule has 0 spiro atoms. The fourth-order valence-electron chi connectivity index (χ4n) is 2.53. The fourth-order valence-corrected chi connectivity index (χ4v) is 2.53. The number of halogens is 4. The molecule has 3 rings (SSSR count). The molecule has 5 nitrogen and oxygen atoms in total. The number of pyridine rings is 1. The van der Waals surface area contributed by atoms with Crippen LogP contribution in [0.2, 0.25) is 0 Å². The predicted molar refractivity (Wildman–Crippen MR) is 86.3 cm³/mol. The van der Waals surface area contributed by atoms with Gasteiger partial charge in [0.05, 0.1) is 23.5 Å². The molecule has 9 heteroatoms. The average Bonchev–Trinajstić information content (AvgIpc) is 3.20. The Hall–Kier alpha value is -3.23. The van der Waals surface area contributed by atoms with Crippen LogP contribution in [0.1, 0.15) is 39.0 Å². The second-order valence-corrected chi connectivity index (χ2v) is 5.59. The molecule has 0 bridgehead atoms. The molecule has 0 fully saturated rings. The quantitative estimate of drug-likeness (QED) is 0.679. The third-order valence-corrected chi connectivity index (χ3v) is 3.82. The van der Waals surface area contributed by atoms with E-state index in [4.69, 9.17) is 4.52 Å². The van der Waals surface area contributed by atoms with Gasteiger partial charge in [-0.1, -0.05) is 29.4 Å². The molecule has 1 amide bonds. The van der Waals surface area contributed by atoms with Gasteiger partial charge in [0.1, 0.15) is 6.67 Å². The van der Waals surface area contributed by atoms with Crippen LogP contribution in [0.5, 0.6) is 0 Å². The molecule has 0 saturated heterocycles. The molecule has 2 heterocycles. The van der Waals surface area contributed by atoms with Crippen LogP contribution in [-0.4, -0.2) is 16.0 Å². The smallest absolute Gasteiger partial charge is 0.351 e. The standard InChI is InChI=1S/C18H13F4N3O2/c19-10-11-3-5-12(6-4-11)15(25-17(26)14-7-9-24-27-14)16-13(18(20,21)22)2-1-8-23-16/h1-9,15H,10H2,(H,25,26)/t15-/m0/s1. The van der Waals surface area contributed by atoms with E-state index in [1.807, 2.05) is 0 Å². The predicted octanol–water partition coefficient (Wildman–Crippen LogP) is 4.08. The lowest BCUT2D eigenvalue weighted by atomic mass is 9.98. The molecule has 27 heavy (non-hydrogen) atoms. The van der Waals surface area contributed by atoms with Crippen LogP contribution in [0.4, 0.5) is 17.6 Å². The van der Waals surface area contributed by atoms with Crippen LogP contribution in [0.3, 0.4) is 0 Å². The Morgan fingerprint density at radius 3 is 2.44 bits per heavy atom. The Bertz CT molecular complexity index is 909. The SMILES string of the molecule is O=C(N[C@@H](c1ccc(CF)cc1)c1ncccc1C(F)(F)F)c1ccno1. The highest BCUT2D eigenvalue weighted by Gasteiger charge is 2.37. The number of nitrogens with zero attached hydrogens (tertiary/aromatic N) is 2. The Morgan fingerprint density at radius 1 is 1.11 bits per heavy atom. The first kappa shape index (κ1) is 18.6. The van der Waals surface area contributed by atoms with Gasteiger partial charge in [0, 0.05) is 12.3 Å². The molecule has 0 saturated carbocycles. The summed E-state index contributed by atoms with van der Waals surface area (Å²) < 4.78 is 57.8. The lowest BCUT2D eigenvalue weighted by molar-refractivity contribution is -0.138. The van der Waals surface area contributed by atoms with Crippen LogP contribution in [0.15, 0.2) is 59.4 Å². The van der Waals surface area contributed by atoms with Gasteiger partial charge < -0.3 is 9.84 Å². The van der Waals surface area contributed by atoms with Gasteiger partial charge >= 0.3 is 6.18 Å². The van der Waals surface area contributed by atoms with Gasteiger partial charge in [-0.05, 0) is 23.3 Å². The van der Waals surface area contributed by atoms with Gasteiger partial charge in [-0.15, -0.1) is 0 Å². The largest absolute Gasteiger partial charge is 0.418 e. The molecule has 1 atom stereocenters.